The Balaban J connectivity index is 1.24. The van der Waals surface area contributed by atoms with Crippen LogP contribution in [0.1, 0.15) is 61.2 Å². The highest BCUT2D eigenvalue weighted by Gasteiger charge is 2.38. The molecule has 6 heterocycles. The van der Waals surface area contributed by atoms with Gasteiger partial charge >= 0.3 is 0 Å². The molecule has 180 valence electrons. The third-order valence-electron chi connectivity index (χ3n) is 7.36. The summed E-state index contributed by atoms with van der Waals surface area (Å²) in [7, 11) is 0. The van der Waals surface area contributed by atoms with Gasteiger partial charge in [0.05, 0.1) is 24.0 Å². The Kier molecular flexibility index (Phi) is 5.51. The van der Waals surface area contributed by atoms with Gasteiger partial charge in [0.1, 0.15) is 17.6 Å². The Morgan fingerprint density at radius 1 is 1.24 bits per heavy atom. The number of amides is 1. The Bertz CT molecular complexity index is 1180. The number of piperidine rings is 1. The maximum atomic E-state index is 13.6. The zero-order valence-electron chi connectivity index (χ0n) is 19.5. The number of carbonyl (C=O) groups excluding carboxylic acids is 1. The van der Waals surface area contributed by atoms with E-state index in [0.29, 0.717) is 6.42 Å². The molecule has 34 heavy (non-hydrogen) atoms. The molecule has 1 amide bonds. The number of hydrogen-bond acceptors (Lipinski definition) is 8. The van der Waals surface area contributed by atoms with Gasteiger partial charge in [-0.2, -0.15) is 5.10 Å². The van der Waals surface area contributed by atoms with Crippen LogP contribution >= 0.6 is 0 Å². The summed E-state index contributed by atoms with van der Waals surface area (Å²) in [6, 6.07) is 5.70. The first kappa shape index (κ1) is 21.6. The summed E-state index contributed by atoms with van der Waals surface area (Å²) in [6.07, 6.45) is 8.34. The number of fused-ring (bicyclic) bond motifs is 1. The van der Waals surface area contributed by atoms with Crippen LogP contribution in [0.2, 0.25) is 0 Å². The van der Waals surface area contributed by atoms with Gasteiger partial charge in [0.15, 0.2) is 5.65 Å². The van der Waals surface area contributed by atoms with Crippen LogP contribution in [-0.2, 0) is 4.79 Å². The SMILES string of the molecule is Cc1cn2nc(C3CCCCN3C(=O)C3CC(c4ccco4)NN3)cc2nc1N1CCC(N)C1. The molecular formula is C24H32N8O2. The number of rotatable bonds is 4. The van der Waals surface area contributed by atoms with E-state index in [0.717, 1.165) is 73.8 Å². The number of nitrogens with zero attached hydrogens (tertiary/aromatic N) is 5. The van der Waals surface area contributed by atoms with E-state index in [4.69, 9.17) is 20.2 Å². The molecule has 3 aliphatic heterocycles. The molecule has 3 saturated heterocycles. The van der Waals surface area contributed by atoms with Gasteiger partial charge in [-0.1, -0.05) is 0 Å². The van der Waals surface area contributed by atoms with Gasteiger partial charge in [0.2, 0.25) is 5.91 Å². The maximum absolute atomic E-state index is 13.6. The zero-order chi connectivity index (χ0) is 23.2. The number of hydrogen-bond donors (Lipinski definition) is 3. The zero-order valence-corrected chi connectivity index (χ0v) is 19.5. The van der Waals surface area contributed by atoms with E-state index >= 15 is 0 Å². The first-order chi connectivity index (χ1) is 16.6. The van der Waals surface area contributed by atoms with Crippen molar-refractivity contribution in [3.05, 3.63) is 47.7 Å². The van der Waals surface area contributed by atoms with Gasteiger partial charge in [0, 0.05) is 43.5 Å². The first-order valence-electron chi connectivity index (χ1n) is 12.3. The highest BCUT2D eigenvalue weighted by atomic mass is 16.3. The molecule has 3 aliphatic rings. The molecule has 4 atom stereocenters. The molecule has 4 N–H and O–H groups in total. The van der Waals surface area contributed by atoms with Crippen molar-refractivity contribution in [2.45, 2.75) is 63.2 Å². The van der Waals surface area contributed by atoms with Crippen molar-refractivity contribution in [1.29, 1.82) is 0 Å². The van der Waals surface area contributed by atoms with Crippen molar-refractivity contribution in [3.63, 3.8) is 0 Å². The molecule has 0 aromatic carbocycles. The molecule has 10 heteroatoms. The van der Waals surface area contributed by atoms with Gasteiger partial charge in [-0.15, -0.1) is 0 Å². The number of furan rings is 1. The van der Waals surface area contributed by atoms with E-state index in [2.05, 4.69) is 22.7 Å². The van der Waals surface area contributed by atoms with E-state index in [9.17, 15) is 4.79 Å². The lowest BCUT2D eigenvalue weighted by Crippen LogP contribution is -2.48. The summed E-state index contributed by atoms with van der Waals surface area (Å²) in [5.74, 6) is 1.93. The second-order valence-corrected chi connectivity index (χ2v) is 9.80. The number of carbonyl (C=O) groups is 1. The van der Waals surface area contributed by atoms with Crippen LogP contribution in [0.4, 0.5) is 5.82 Å². The van der Waals surface area contributed by atoms with Gasteiger partial charge in [-0.05, 0) is 51.2 Å². The summed E-state index contributed by atoms with van der Waals surface area (Å²) in [5, 5.41) is 4.86. The fraction of sp³-hybridized carbons (Fsp3) is 0.542. The predicted molar refractivity (Wildman–Crippen MR) is 127 cm³/mol. The number of nitrogens with one attached hydrogen (secondary N) is 2. The summed E-state index contributed by atoms with van der Waals surface area (Å²) in [5.41, 5.74) is 15.3. The topological polar surface area (TPSA) is 117 Å². The Morgan fingerprint density at radius 3 is 2.94 bits per heavy atom. The van der Waals surface area contributed by atoms with E-state index in [1.807, 2.05) is 33.8 Å². The number of hydrazine groups is 1. The molecule has 0 spiro atoms. The second kappa shape index (κ2) is 8.68. The monoisotopic (exact) mass is 464 g/mol. The average Bonchev–Trinajstić information content (AvgIpc) is 3.64. The van der Waals surface area contributed by atoms with Gasteiger partial charge in [-0.25, -0.2) is 20.4 Å². The van der Waals surface area contributed by atoms with Crippen molar-refractivity contribution in [2.24, 2.45) is 5.73 Å². The number of aromatic nitrogens is 3. The molecule has 3 aromatic rings. The molecule has 0 aliphatic carbocycles. The van der Waals surface area contributed by atoms with Gasteiger partial charge < -0.3 is 20.0 Å². The Morgan fingerprint density at radius 2 is 2.15 bits per heavy atom. The van der Waals surface area contributed by atoms with Gasteiger partial charge in [-0.3, -0.25) is 4.79 Å². The molecule has 4 unspecified atom stereocenters. The molecule has 10 nitrogen and oxygen atoms in total. The normalized spacial score (nSPS) is 27.7. The highest BCUT2D eigenvalue weighted by Crippen LogP contribution is 2.33. The van der Waals surface area contributed by atoms with Crippen LogP contribution in [0, 0.1) is 6.92 Å². The van der Waals surface area contributed by atoms with Crippen LogP contribution in [0.3, 0.4) is 0 Å². The molecule has 0 bridgehead atoms. The average molecular weight is 465 g/mol. The Hall–Kier alpha value is -2.95. The van der Waals surface area contributed by atoms with E-state index < -0.39 is 0 Å². The lowest BCUT2D eigenvalue weighted by Gasteiger charge is -2.36. The molecule has 6 rings (SSSR count). The molecule has 3 fully saturated rings. The van der Waals surface area contributed by atoms with Gasteiger partial charge in [0.25, 0.3) is 0 Å². The molecular weight excluding hydrogens is 432 g/mol. The lowest BCUT2D eigenvalue weighted by atomic mass is 9.97. The number of likely N-dealkylation sites (tertiary alicyclic amines) is 1. The van der Waals surface area contributed by atoms with Crippen molar-refractivity contribution >= 4 is 17.4 Å². The number of nitrogens with two attached hydrogens (primary N) is 1. The van der Waals surface area contributed by atoms with E-state index in [1.54, 1.807) is 6.26 Å². The van der Waals surface area contributed by atoms with Crippen molar-refractivity contribution in [1.82, 2.24) is 30.3 Å². The fourth-order valence-corrected chi connectivity index (χ4v) is 5.58. The van der Waals surface area contributed by atoms with Crippen LogP contribution in [-0.4, -0.2) is 57.1 Å². The summed E-state index contributed by atoms with van der Waals surface area (Å²) in [6.45, 7) is 4.57. The second-order valence-electron chi connectivity index (χ2n) is 9.80. The minimum absolute atomic E-state index is 0.00770. The minimum atomic E-state index is -0.293. The van der Waals surface area contributed by atoms with Crippen LogP contribution in [0.25, 0.3) is 5.65 Å². The third kappa shape index (κ3) is 3.85. The summed E-state index contributed by atoms with van der Waals surface area (Å²) in [4.78, 5) is 22.7. The predicted octanol–water partition coefficient (Wildman–Crippen LogP) is 1.83. The van der Waals surface area contributed by atoms with Crippen LogP contribution in [0.5, 0.6) is 0 Å². The minimum Gasteiger partial charge on any atom is -0.468 e. The lowest BCUT2D eigenvalue weighted by molar-refractivity contribution is -0.137. The summed E-state index contributed by atoms with van der Waals surface area (Å²) < 4.78 is 7.37. The smallest absolute Gasteiger partial charge is 0.241 e. The van der Waals surface area contributed by atoms with E-state index in [-0.39, 0.29) is 30.1 Å². The largest absolute Gasteiger partial charge is 0.468 e. The summed E-state index contributed by atoms with van der Waals surface area (Å²) >= 11 is 0. The van der Waals surface area contributed by atoms with Crippen LogP contribution in [0.15, 0.2) is 35.1 Å². The highest BCUT2D eigenvalue weighted by molar-refractivity contribution is 5.82. The number of anilines is 1. The maximum Gasteiger partial charge on any atom is 0.241 e. The Labute approximate surface area is 198 Å². The molecule has 3 aromatic heterocycles. The number of aryl methyl sites for hydroxylation is 1. The van der Waals surface area contributed by atoms with E-state index in [1.165, 1.54) is 0 Å². The van der Waals surface area contributed by atoms with Crippen molar-refractivity contribution < 1.29 is 9.21 Å². The first-order valence-corrected chi connectivity index (χ1v) is 12.3. The quantitative estimate of drug-likeness (QED) is 0.535. The molecule has 0 saturated carbocycles. The van der Waals surface area contributed by atoms with Crippen molar-refractivity contribution in [2.75, 3.05) is 24.5 Å². The van der Waals surface area contributed by atoms with Crippen molar-refractivity contribution in [3.8, 4) is 0 Å². The molecule has 0 radical (unpaired) electrons. The van der Waals surface area contributed by atoms with Crippen LogP contribution < -0.4 is 21.5 Å². The standard InChI is InChI=1S/C24H32N8O2/c1-15-13-32-22(26-23(15)30-9-7-16(25)14-30)12-17(29-32)20-5-2-3-8-31(20)24(33)19-11-18(27-28-19)21-6-4-10-34-21/h4,6,10,12-13,16,18-20,27-28H,2-3,5,7-9,11,14,25H2,1H3. The fourth-order valence-electron chi connectivity index (χ4n) is 5.58. The third-order valence-corrected chi connectivity index (χ3v) is 7.36.